The monoisotopic (exact) mass is 297 g/mol. The molecule has 0 saturated carbocycles. The van der Waals surface area contributed by atoms with Gasteiger partial charge in [0.1, 0.15) is 12.2 Å². The minimum atomic E-state index is -1.41. The summed E-state index contributed by atoms with van der Waals surface area (Å²) in [6.45, 7) is 8.02. The van der Waals surface area contributed by atoms with Crippen LogP contribution in [-0.2, 0) is 32.0 Å². The van der Waals surface area contributed by atoms with E-state index in [1.165, 1.54) is 13.3 Å². The van der Waals surface area contributed by atoms with Crippen molar-refractivity contribution in [2.75, 3.05) is 13.2 Å². The number of esters is 2. The van der Waals surface area contributed by atoms with Gasteiger partial charge in [0, 0.05) is 13.0 Å². The molecule has 1 aromatic rings. The molecule has 0 amide bonds. The number of aryl methyl sites for hydroxylation is 1. The minimum absolute atomic E-state index is 0.102. The predicted octanol–water partition coefficient (Wildman–Crippen LogP) is 1.36. The lowest BCUT2D eigenvalue weighted by molar-refractivity contribution is -0.170. The van der Waals surface area contributed by atoms with Crippen LogP contribution in [0.2, 0.25) is 0 Å². The van der Waals surface area contributed by atoms with E-state index in [0.717, 1.165) is 6.42 Å². The predicted molar refractivity (Wildman–Crippen MR) is 75.4 cm³/mol. The maximum absolute atomic E-state index is 12.2. The highest BCUT2D eigenvalue weighted by Crippen LogP contribution is 2.26. The molecule has 0 saturated heterocycles. The Bertz CT molecular complexity index is 466. The standard InChI is InChI=1S/C14H23N3O4/c1-5-8-17-11(15-10-16-17)9-14(4,12(18)20-6-2)13(19)21-7-3/h10H,5-9H2,1-4H3. The molecular formula is C14H23N3O4. The molecule has 0 unspecified atom stereocenters. The van der Waals surface area contributed by atoms with Crippen LogP contribution in [0.3, 0.4) is 0 Å². The molecule has 1 rings (SSSR count). The van der Waals surface area contributed by atoms with E-state index in [2.05, 4.69) is 10.1 Å². The van der Waals surface area contributed by atoms with E-state index in [0.29, 0.717) is 12.4 Å². The van der Waals surface area contributed by atoms with Crippen molar-refractivity contribution < 1.29 is 19.1 Å². The second-order valence-electron chi connectivity index (χ2n) is 4.85. The molecule has 7 heteroatoms. The molecule has 21 heavy (non-hydrogen) atoms. The zero-order valence-corrected chi connectivity index (χ0v) is 13.1. The van der Waals surface area contributed by atoms with Crippen LogP contribution >= 0.6 is 0 Å². The molecule has 0 atom stereocenters. The third-order valence-electron chi connectivity index (χ3n) is 3.09. The van der Waals surface area contributed by atoms with Gasteiger partial charge in [-0.2, -0.15) is 5.10 Å². The van der Waals surface area contributed by atoms with Gasteiger partial charge in [-0.3, -0.25) is 14.3 Å². The first kappa shape index (κ1) is 17.1. The number of ether oxygens (including phenoxy) is 2. The molecule has 0 aromatic carbocycles. The molecule has 0 bridgehead atoms. The van der Waals surface area contributed by atoms with Gasteiger partial charge in [0.25, 0.3) is 0 Å². The number of hydrogen-bond donors (Lipinski definition) is 0. The third-order valence-corrected chi connectivity index (χ3v) is 3.09. The third kappa shape index (κ3) is 4.03. The number of rotatable bonds is 8. The maximum atomic E-state index is 12.2. The SMILES string of the molecule is CCCn1ncnc1CC(C)(C(=O)OCC)C(=O)OCC. The summed E-state index contributed by atoms with van der Waals surface area (Å²) < 4.78 is 11.7. The molecule has 0 N–H and O–H groups in total. The number of aromatic nitrogens is 3. The Hall–Kier alpha value is -1.92. The van der Waals surface area contributed by atoms with Gasteiger partial charge in [0.05, 0.1) is 13.2 Å². The average molecular weight is 297 g/mol. The highest BCUT2D eigenvalue weighted by molar-refractivity contribution is 5.99. The molecule has 118 valence electrons. The molecule has 0 radical (unpaired) electrons. The van der Waals surface area contributed by atoms with Crippen molar-refractivity contribution in [3.05, 3.63) is 12.2 Å². The Morgan fingerprint density at radius 1 is 1.19 bits per heavy atom. The zero-order chi connectivity index (χ0) is 15.9. The van der Waals surface area contributed by atoms with Crippen molar-refractivity contribution in [1.29, 1.82) is 0 Å². The lowest BCUT2D eigenvalue weighted by Crippen LogP contribution is -2.42. The molecule has 0 aliphatic heterocycles. The summed E-state index contributed by atoms with van der Waals surface area (Å²) in [5.41, 5.74) is -1.41. The van der Waals surface area contributed by atoms with Crippen LogP contribution in [0.15, 0.2) is 6.33 Å². The molecule has 0 aliphatic rings. The quantitative estimate of drug-likeness (QED) is 0.532. The number of hydrogen-bond acceptors (Lipinski definition) is 6. The first-order chi connectivity index (χ1) is 9.99. The topological polar surface area (TPSA) is 83.3 Å². The smallest absolute Gasteiger partial charge is 0.323 e. The normalized spacial score (nSPS) is 11.2. The Labute approximate surface area is 124 Å². The lowest BCUT2D eigenvalue weighted by atomic mass is 9.86. The van der Waals surface area contributed by atoms with Gasteiger partial charge < -0.3 is 9.47 Å². The molecule has 1 heterocycles. The van der Waals surface area contributed by atoms with Crippen molar-refractivity contribution in [3.63, 3.8) is 0 Å². The molecule has 1 aromatic heterocycles. The van der Waals surface area contributed by atoms with Gasteiger partial charge in [-0.25, -0.2) is 4.98 Å². The Balaban J connectivity index is 3.04. The zero-order valence-electron chi connectivity index (χ0n) is 13.1. The van der Waals surface area contributed by atoms with Crippen LogP contribution in [0.25, 0.3) is 0 Å². The second kappa shape index (κ2) is 7.75. The van der Waals surface area contributed by atoms with E-state index in [4.69, 9.17) is 9.47 Å². The van der Waals surface area contributed by atoms with Crippen molar-refractivity contribution in [2.45, 2.75) is 47.1 Å². The molecule has 0 spiro atoms. The van der Waals surface area contributed by atoms with Gasteiger partial charge in [0.2, 0.25) is 0 Å². The van der Waals surface area contributed by atoms with E-state index in [9.17, 15) is 9.59 Å². The summed E-state index contributed by atoms with van der Waals surface area (Å²) in [4.78, 5) is 28.5. The van der Waals surface area contributed by atoms with E-state index < -0.39 is 17.4 Å². The first-order valence-electron chi connectivity index (χ1n) is 7.20. The first-order valence-corrected chi connectivity index (χ1v) is 7.20. The van der Waals surface area contributed by atoms with Crippen LogP contribution in [0, 0.1) is 5.41 Å². The number of carbonyl (C=O) groups is 2. The van der Waals surface area contributed by atoms with Crippen molar-refractivity contribution in [3.8, 4) is 0 Å². The summed E-state index contributed by atoms with van der Waals surface area (Å²) in [6.07, 6.45) is 2.40. The van der Waals surface area contributed by atoms with Gasteiger partial charge in [-0.1, -0.05) is 6.92 Å². The molecule has 0 fully saturated rings. The van der Waals surface area contributed by atoms with E-state index in [-0.39, 0.29) is 19.6 Å². The second-order valence-corrected chi connectivity index (χ2v) is 4.85. The fourth-order valence-corrected chi connectivity index (χ4v) is 1.95. The minimum Gasteiger partial charge on any atom is -0.465 e. The highest BCUT2D eigenvalue weighted by Gasteiger charge is 2.45. The van der Waals surface area contributed by atoms with Gasteiger partial charge in [-0.05, 0) is 27.2 Å². The van der Waals surface area contributed by atoms with E-state index in [1.54, 1.807) is 18.5 Å². The van der Waals surface area contributed by atoms with Crippen LogP contribution < -0.4 is 0 Å². The van der Waals surface area contributed by atoms with Crippen LogP contribution in [0.1, 0.15) is 39.9 Å². The number of nitrogens with zero attached hydrogens (tertiary/aromatic N) is 3. The summed E-state index contributed by atoms with van der Waals surface area (Å²) in [6, 6.07) is 0. The van der Waals surface area contributed by atoms with E-state index >= 15 is 0 Å². The van der Waals surface area contributed by atoms with Gasteiger partial charge in [-0.15, -0.1) is 0 Å². The summed E-state index contributed by atoms with van der Waals surface area (Å²) >= 11 is 0. The summed E-state index contributed by atoms with van der Waals surface area (Å²) in [5.74, 6) is -0.635. The Morgan fingerprint density at radius 3 is 2.24 bits per heavy atom. The average Bonchev–Trinajstić information content (AvgIpc) is 2.86. The fourth-order valence-electron chi connectivity index (χ4n) is 1.95. The van der Waals surface area contributed by atoms with Gasteiger partial charge in [0.15, 0.2) is 5.41 Å². The molecular weight excluding hydrogens is 274 g/mol. The summed E-state index contributed by atoms with van der Waals surface area (Å²) in [7, 11) is 0. The number of carbonyl (C=O) groups excluding carboxylic acids is 2. The van der Waals surface area contributed by atoms with Crippen LogP contribution in [0.5, 0.6) is 0 Å². The van der Waals surface area contributed by atoms with Crippen molar-refractivity contribution in [2.24, 2.45) is 5.41 Å². The van der Waals surface area contributed by atoms with Crippen LogP contribution in [0.4, 0.5) is 0 Å². The van der Waals surface area contributed by atoms with Crippen molar-refractivity contribution >= 4 is 11.9 Å². The fraction of sp³-hybridized carbons (Fsp3) is 0.714. The molecule has 7 nitrogen and oxygen atoms in total. The van der Waals surface area contributed by atoms with Gasteiger partial charge >= 0.3 is 11.9 Å². The van der Waals surface area contributed by atoms with Crippen LogP contribution in [-0.4, -0.2) is 39.9 Å². The Morgan fingerprint density at radius 2 is 1.76 bits per heavy atom. The lowest BCUT2D eigenvalue weighted by Gasteiger charge is -2.24. The summed E-state index contributed by atoms with van der Waals surface area (Å²) in [5, 5.41) is 4.10. The Kier molecular flexibility index (Phi) is 6.33. The largest absolute Gasteiger partial charge is 0.465 e. The highest BCUT2D eigenvalue weighted by atomic mass is 16.6. The maximum Gasteiger partial charge on any atom is 0.323 e. The molecule has 0 aliphatic carbocycles. The van der Waals surface area contributed by atoms with Crippen molar-refractivity contribution in [1.82, 2.24) is 14.8 Å². The van der Waals surface area contributed by atoms with E-state index in [1.807, 2.05) is 6.92 Å².